The van der Waals surface area contributed by atoms with Crippen LogP contribution in [-0.2, 0) is 10.4 Å². The standard InChI is InChI=1S/H2O4S.Sn/c1-5(2,3)4;/h(H2,1,2,3,4);. The first-order valence-electron chi connectivity index (χ1n) is 0.698. The van der Waals surface area contributed by atoms with Gasteiger partial charge in [0.05, 0.1) is 0 Å². The largest absolute Gasteiger partial charge is 0.394 e. The molecule has 0 rings (SSSR count). The minimum atomic E-state index is -4.67. The summed E-state index contributed by atoms with van der Waals surface area (Å²) in [5, 5.41) is 0. The molecule has 36 valence electrons. The third-order valence-corrected chi connectivity index (χ3v) is 0. The van der Waals surface area contributed by atoms with E-state index in [0.717, 1.165) is 0 Å². The second-order valence-electron chi connectivity index (χ2n) is 0.448. The number of hydrogen-bond acceptors (Lipinski definition) is 2. The second-order valence-corrected chi connectivity index (χ2v) is 1.34. The second kappa shape index (κ2) is 2.78. The van der Waals surface area contributed by atoms with Crippen molar-refractivity contribution < 1.29 is 17.5 Å². The Morgan fingerprint density at radius 2 is 1.17 bits per heavy atom. The summed E-state index contributed by atoms with van der Waals surface area (Å²) in [6, 6.07) is 0. The van der Waals surface area contributed by atoms with Crippen LogP contribution in [0.1, 0.15) is 0 Å². The van der Waals surface area contributed by atoms with E-state index in [1.165, 1.54) is 0 Å². The Kier molecular flexibility index (Phi) is 4.55. The van der Waals surface area contributed by atoms with E-state index in [2.05, 4.69) is 0 Å². The number of rotatable bonds is 0. The number of hydrogen-bond donors (Lipinski definition) is 2. The molecule has 0 aromatic carbocycles. The third kappa shape index (κ3) is 141. The molecule has 2 N–H and O–H groups in total. The minimum absolute atomic E-state index is 0. The Labute approximate surface area is 52.1 Å². The maximum Gasteiger partial charge on any atom is 0.394 e. The van der Waals surface area contributed by atoms with E-state index in [-0.39, 0.29) is 23.9 Å². The van der Waals surface area contributed by atoms with Gasteiger partial charge < -0.3 is 0 Å². The van der Waals surface area contributed by atoms with Crippen molar-refractivity contribution in [1.82, 2.24) is 0 Å². The Morgan fingerprint density at radius 3 is 1.17 bits per heavy atom. The molecule has 0 heterocycles. The van der Waals surface area contributed by atoms with Crippen molar-refractivity contribution in [3.8, 4) is 0 Å². The average Bonchev–Trinajstić information content (AvgIpc) is 0.722. The smallest absolute Gasteiger partial charge is 0.264 e. The maximum atomic E-state index is 8.74. The molecule has 0 saturated carbocycles. The van der Waals surface area contributed by atoms with E-state index in [1.807, 2.05) is 0 Å². The van der Waals surface area contributed by atoms with Gasteiger partial charge in [-0.05, 0) is 0 Å². The van der Waals surface area contributed by atoms with Crippen LogP contribution in [-0.4, -0.2) is 41.4 Å². The van der Waals surface area contributed by atoms with Crippen LogP contribution in [0.3, 0.4) is 0 Å². The van der Waals surface area contributed by atoms with Gasteiger partial charge in [-0.15, -0.1) is 0 Å². The van der Waals surface area contributed by atoms with Crippen LogP contribution in [0.2, 0.25) is 0 Å². The van der Waals surface area contributed by atoms with E-state index >= 15 is 0 Å². The van der Waals surface area contributed by atoms with Gasteiger partial charge in [-0.1, -0.05) is 0 Å². The van der Waals surface area contributed by atoms with Crippen LogP contribution in [0.25, 0.3) is 0 Å². The van der Waals surface area contributed by atoms with E-state index < -0.39 is 10.4 Å². The van der Waals surface area contributed by atoms with Crippen LogP contribution in [0.15, 0.2) is 0 Å². The molecule has 0 aliphatic rings. The zero-order valence-corrected chi connectivity index (χ0v) is 6.29. The topological polar surface area (TPSA) is 74.6 Å². The van der Waals surface area contributed by atoms with Gasteiger partial charge in [0.15, 0.2) is 0 Å². The van der Waals surface area contributed by atoms with Gasteiger partial charge in [0.2, 0.25) is 0 Å². The van der Waals surface area contributed by atoms with Crippen LogP contribution < -0.4 is 0 Å². The van der Waals surface area contributed by atoms with Gasteiger partial charge in [0.1, 0.15) is 0 Å². The molecule has 6 heteroatoms. The molecule has 4 radical (unpaired) electrons. The average molecular weight is 217 g/mol. The van der Waals surface area contributed by atoms with Gasteiger partial charge in [-0.3, -0.25) is 9.11 Å². The van der Waals surface area contributed by atoms with Crippen LogP contribution in [0.5, 0.6) is 0 Å². The molecule has 4 nitrogen and oxygen atoms in total. The summed E-state index contributed by atoms with van der Waals surface area (Å²) in [6.45, 7) is 0. The summed E-state index contributed by atoms with van der Waals surface area (Å²) in [7, 11) is -4.67. The zero-order valence-electron chi connectivity index (χ0n) is 2.62. The minimum Gasteiger partial charge on any atom is -0.264 e. The molecule has 0 atom stereocenters. The molecule has 0 saturated heterocycles. The van der Waals surface area contributed by atoms with Crippen molar-refractivity contribution >= 4 is 34.3 Å². The molecule has 0 aromatic heterocycles. The van der Waals surface area contributed by atoms with E-state index in [9.17, 15) is 0 Å². The molecule has 0 fully saturated rings. The summed E-state index contributed by atoms with van der Waals surface area (Å²) >= 11 is 0. The molecule has 0 amide bonds. The quantitative estimate of drug-likeness (QED) is 0.401. The molecular formula is H2O4SSn. The Morgan fingerprint density at radius 1 is 1.17 bits per heavy atom. The Bertz CT molecular complexity index is 90.7. The van der Waals surface area contributed by atoms with Crippen molar-refractivity contribution in [3.63, 3.8) is 0 Å². The Balaban J connectivity index is 0. The van der Waals surface area contributed by atoms with Gasteiger partial charge in [-0.2, -0.15) is 8.42 Å². The molecule has 6 heavy (non-hydrogen) atoms. The molecule has 0 aliphatic carbocycles. The normalized spacial score (nSPS) is 9.67. The van der Waals surface area contributed by atoms with E-state index in [4.69, 9.17) is 17.5 Å². The third-order valence-electron chi connectivity index (χ3n) is 0. The zero-order chi connectivity index (χ0) is 4.50. The predicted molar refractivity (Wildman–Crippen MR) is 19.9 cm³/mol. The van der Waals surface area contributed by atoms with Gasteiger partial charge in [0.25, 0.3) is 0 Å². The first-order valence-corrected chi connectivity index (χ1v) is 2.10. The van der Waals surface area contributed by atoms with Crippen molar-refractivity contribution in [2.24, 2.45) is 0 Å². The first-order chi connectivity index (χ1) is 2.00. The molecular weight excluding hydrogens is 215 g/mol. The first kappa shape index (κ1) is 9.83. The molecule has 0 spiro atoms. The van der Waals surface area contributed by atoms with Crippen LogP contribution in [0.4, 0.5) is 0 Å². The van der Waals surface area contributed by atoms with E-state index in [0.29, 0.717) is 0 Å². The Hall–Kier alpha value is 0.669. The summed E-state index contributed by atoms with van der Waals surface area (Å²) in [6.07, 6.45) is 0. The fourth-order valence-electron chi connectivity index (χ4n) is 0. The van der Waals surface area contributed by atoms with Gasteiger partial charge in [0, 0.05) is 23.9 Å². The van der Waals surface area contributed by atoms with E-state index in [1.54, 1.807) is 0 Å². The van der Waals surface area contributed by atoms with Gasteiger partial charge >= 0.3 is 10.4 Å². The molecule has 0 aliphatic heterocycles. The van der Waals surface area contributed by atoms with Crippen molar-refractivity contribution in [3.05, 3.63) is 0 Å². The monoisotopic (exact) mass is 218 g/mol. The predicted octanol–water partition coefficient (Wildman–Crippen LogP) is -1.03. The fourth-order valence-corrected chi connectivity index (χ4v) is 0. The summed E-state index contributed by atoms with van der Waals surface area (Å²) in [4.78, 5) is 0. The van der Waals surface area contributed by atoms with Gasteiger partial charge in [-0.25, -0.2) is 0 Å². The molecule has 0 unspecified atom stereocenters. The summed E-state index contributed by atoms with van der Waals surface area (Å²) in [5.41, 5.74) is 0. The summed E-state index contributed by atoms with van der Waals surface area (Å²) in [5.74, 6) is 0. The van der Waals surface area contributed by atoms with Crippen LogP contribution in [0, 0.1) is 0 Å². The van der Waals surface area contributed by atoms with Crippen molar-refractivity contribution in [2.45, 2.75) is 0 Å². The SMILES string of the molecule is O=S(=O)(O)O.[Sn]. The fraction of sp³-hybridized carbons (Fsp3) is 0. The van der Waals surface area contributed by atoms with Crippen molar-refractivity contribution in [2.75, 3.05) is 0 Å². The summed E-state index contributed by atoms with van der Waals surface area (Å²) < 4.78 is 31.6. The maximum absolute atomic E-state index is 8.74. The van der Waals surface area contributed by atoms with Crippen molar-refractivity contribution in [1.29, 1.82) is 0 Å². The van der Waals surface area contributed by atoms with Crippen LogP contribution >= 0.6 is 0 Å². The molecule has 0 aromatic rings. The molecule has 0 bridgehead atoms.